The summed E-state index contributed by atoms with van der Waals surface area (Å²) in [5.74, 6) is -0.154. The van der Waals surface area contributed by atoms with Crippen LogP contribution in [0.3, 0.4) is 0 Å². The highest BCUT2D eigenvalue weighted by Gasteiger charge is 2.28. The minimum absolute atomic E-state index is 0.0557. The van der Waals surface area contributed by atoms with Crippen molar-refractivity contribution in [2.75, 3.05) is 39.8 Å². The monoisotopic (exact) mass is 256 g/mol. The molecule has 0 aliphatic carbocycles. The van der Waals surface area contributed by atoms with Gasteiger partial charge in [0.1, 0.15) is 0 Å². The van der Waals surface area contributed by atoms with E-state index in [9.17, 15) is 4.79 Å². The molecule has 1 aliphatic heterocycles. The lowest BCUT2D eigenvalue weighted by atomic mass is 9.80. The van der Waals surface area contributed by atoms with Crippen LogP contribution in [0, 0.1) is 11.3 Å². The molecule has 4 nitrogen and oxygen atoms in total. The van der Waals surface area contributed by atoms with Crippen LogP contribution in [0.5, 0.6) is 0 Å². The molecule has 0 aromatic rings. The first-order chi connectivity index (χ1) is 8.47. The Bertz CT molecular complexity index is 261. The summed E-state index contributed by atoms with van der Waals surface area (Å²) in [6.45, 7) is 10.6. The van der Waals surface area contributed by atoms with Gasteiger partial charge in [-0.3, -0.25) is 4.79 Å². The molecule has 1 atom stereocenters. The zero-order chi connectivity index (χ0) is 13.6. The van der Waals surface area contributed by atoms with Crippen LogP contribution in [0.4, 0.5) is 0 Å². The molecule has 0 saturated carbocycles. The fourth-order valence-corrected chi connectivity index (χ4v) is 2.29. The zero-order valence-electron chi connectivity index (χ0n) is 12.3. The molecular weight excluding hydrogens is 228 g/mol. The summed E-state index contributed by atoms with van der Waals surface area (Å²) in [5.41, 5.74) is 0.376. The number of carbonyl (C=O) groups excluding carboxylic acids is 1. The summed E-state index contributed by atoms with van der Waals surface area (Å²) in [6.07, 6.45) is 2.45. The second-order valence-electron chi connectivity index (χ2n) is 5.90. The first kappa shape index (κ1) is 15.4. The first-order valence-corrected chi connectivity index (χ1v) is 7.03. The van der Waals surface area contributed by atoms with Gasteiger partial charge in [-0.15, -0.1) is 0 Å². The Hall–Kier alpha value is -0.610. The maximum absolute atomic E-state index is 11.5. The second-order valence-corrected chi connectivity index (χ2v) is 5.90. The number of ether oxygens (including phenoxy) is 1. The van der Waals surface area contributed by atoms with Gasteiger partial charge in [0.15, 0.2) is 0 Å². The van der Waals surface area contributed by atoms with Crippen LogP contribution in [0.1, 0.15) is 33.6 Å². The number of piperidine rings is 1. The van der Waals surface area contributed by atoms with Crippen molar-refractivity contribution in [1.82, 2.24) is 10.2 Å². The number of hydrogen-bond acceptors (Lipinski definition) is 4. The van der Waals surface area contributed by atoms with Gasteiger partial charge in [-0.25, -0.2) is 0 Å². The van der Waals surface area contributed by atoms with Crippen molar-refractivity contribution < 1.29 is 9.53 Å². The first-order valence-electron chi connectivity index (χ1n) is 7.03. The molecule has 0 amide bonds. The maximum atomic E-state index is 11.5. The highest BCUT2D eigenvalue weighted by Crippen LogP contribution is 2.29. The summed E-state index contributed by atoms with van der Waals surface area (Å²) in [7, 11) is 2.18. The van der Waals surface area contributed by atoms with Crippen LogP contribution in [0.25, 0.3) is 0 Å². The van der Waals surface area contributed by atoms with E-state index in [1.165, 1.54) is 25.9 Å². The lowest BCUT2D eigenvalue weighted by Gasteiger charge is -2.38. The summed E-state index contributed by atoms with van der Waals surface area (Å²) >= 11 is 0. The number of nitrogens with zero attached hydrogens (tertiary/aromatic N) is 1. The van der Waals surface area contributed by atoms with Crippen LogP contribution < -0.4 is 5.32 Å². The van der Waals surface area contributed by atoms with E-state index in [1.54, 1.807) is 0 Å². The van der Waals surface area contributed by atoms with Crippen LogP contribution in [0.2, 0.25) is 0 Å². The third kappa shape index (κ3) is 4.94. The van der Waals surface area contributed by atoms with Gasteiger partial charge in [0.05, 0.1) is 12.5 Å². The lowest BCUT2D eigenvalue weighted by Crippen LogP contribution is -2.43. The molecule has 1 N–H and O–H groups in total. The summed E-state index contributed by atoms with van der Waals surface area (Å²) < 4.78 is 5.00. The fourth-order valence-electron chi connectivity index (χ4n) is 2.29. The van der Waals surface area contributed by atoms with Crippen molar-refractivity contribution in [2.24, 2.45) is 11.3 Å². The van der Waals surface area contributed by atoms with E-state index < -0.39 is 0 Å². The van der Waals surface area contributed by atoms with Crippen molar-refractivity contribution in [2.45, 2.75) is 33.6 Å². The number of hydrogen-bond donors (Lipinski definition) is 1. The molecule has 1 fully saturated rings. The fraction of sp³-hybridized carbons (Fsp3) is 0.929. The van der Waals surface area contributed by atoms with Crippen molar-refractivity contribution in [3.05, 3.63) is 0 Å². The van der Waals surface area contributed by atoms with Crippen LogP contribution in [-0.4, -0.2) is 50.7 Å². The Morgan fingerprint density at radius 2 is 2.06 bits per heavy atom. The van der Waals surface area contributed by atoms with Crippen LogP contribution >= 0.6 is 0 Å². The Kier molecular flexibility index (Phi) is 6.09. The summed E-state index contributed by atoms with van der Waals surface area (Å²) in [5, 5.41) is 3.43. The van der Waals surface area contributed by atoms with E-state index in [-0.39, 0.29) is 11.9 Å². The minimum Gasteiger partial charge on any atom is -0.466 e. The van der Waals surface area contributed by atoms with E-state index in [4.69, 9.17) is 4.74 Å². The minimum atomic E-state index is -0.0986. The van der Waals surface area contributed by atoms with E-state index in [1.807, 2.05) is 13.8 Å². The van der Waals surface area contributed by atoms with Crippen molar-refractivity contribution in [1.29, 1.82) is 0 Å². The predicted molar refractivity (Wildman–Crippen MR) is 73.5 cm³/mol. The van der Waals surface area contributed by atoms with E-state index in [2.05, 4.69) is 24.2 Å². The smallest absolute Gasteiger partial charge is 0.309 e. The van der Waals surface area contributed by atoms with Crippen molar-refractivity contribution >= 4 is 5.97 Å². The largest absolute Gasteiger partial charge is 0.466 e. The van der Waals surface area contributed by atoms with Gasteiger partial charge in [-0.05, 0) is 45.3 Å². The molecule has 4 heteroatoms. The Morgan fingerprint density at radius 3 is 2.61 bits per heavy atom. The van der Waals surface area contributed by atoms with Crippen LogP contribution in [-0.2, 0) is 9.53 Å². The number of esters is 1. The zero-order valence-corrected chi connectivity index (χ0v) is 12.3. The summed E-state index contributed by atoms with van der Waals surface area (Å²) in [6, 6.07) is 0. The molecule has 0 aromatic carbocycles. The molecule has 0 bridgehead atoms. The van der Waals surface area contributed by atoms with Gasteiger partial charge in [0.2, 0.25) is 0 Å². The molecule has 1 heterocycles. The van der Waals surface area contributed by atoms with Gasteiger partial charge >= 0.3 is 5.97 Å². The number of carbonyl (C=O) groups is 1. The van der Waals surface area contributed by atoms with Gasteiger partial charge in [0.25, 0.3) is 0 Å². The third-order valence-electron chi connectivity index (χ3n) is 3.89. The molecular formula is C14H28N2O2. The van der Waals surface area contributed by atoms with Crippen molar-refractivity contribution in [3.63, 3.8) is 0 Å². The molecule has 0 spiro atoms. The number of rotatable bonds is 6. The highest BCUT2D eigenvalue weighted by atomic mass is 16.5. The highest BCUT2D eigenvalue weighted by molar-refractivity contribution is 5.72. The van der Waals surface area contributed by atoms with Gasteiger partial charge in [-0.1, -0.05) is 13.8 Å². The van der Waals surface area contributed by atoms with E-state index in [0.717, 1.165) is 6.54 Å². The Morgan fingerprint density at radius 1 is 1.44 bits per heavy atom. The number of likely N-dealkylation sites (tertiary alicyclic amines) is 1. The Balaban J connectivity index is 2.22. The molecule has 1 unspecified atom stereocenters. The Labute approximate surface area is 111 Å². The quantitative estimate of drug-likeness (QED) is 0.731. The van der Waals surface area contributed by atoms with Gasteiger partial charge < -0.3 is 15.0 Å². The topological polar surface area (TPSA) is 41.6 Å². The molecule has 1 saturated heterocycles. The predicted octanol–water partition coefficient (Wildman–Crippen LogP) is 1.51. The molecule has 1 rings (SSSR count). The normalized spacial score (nSPS) is 21.6. The molecule has 1 aliphatic rings. The molecule has 18 heavy (non-hydrogen) atoms. The van der Waals surface area contributed by atoms with Gasteiger partial charge in [0, 0.05) is 13.1 Å². The molecule has 0 radical (unpaired) electrons. The summed E-state index contributed by atoms with van der Waals surface area (Å²) in [4.78, 5) is 13.9. The number of nitrogens with one attached hydrogen (secondary N) is 1. The lowest BCUT2D eigenvalue weighted by molar-refractivity contribution is -0.147. The average Bonchev–Trinajstić information content (AvgIpc) is 2.33. The maximum Gasteiger partial charge on any atom is 0.309 e. The van der Waals surface area contributed by atoms with Crippen LogP contribution in [0.15, 0.2) is 0 Å². The van der Waals surface area contributed by atoms with Crippen molar-refractivity contribution in [3.8, 4) is 0 Å². The standard InChI is InChI=1S/C14H28N2O2/c1-5-18-13(17)12(2)10-15-11-14(3)6-8-16(4)9-7-14/h12,15H,5-11H2,1-4H3. The van der Waals surface area contributed by atoms with E-state index >= 15 is 0 Å². The van der Waals surface area contributed by atoms with Gasteiger partial charge in [-0.2, -0.15) is 0 Å². The third-order valence-corrected chi connectivity index (χ3v) is 3.89. The SMILES string of the molecule is CCOC(=O)C(C)CNCC1(C)CCN(C)CC1. The molecule has 0 aromatic heterocycles. The molecule has 106 valence electrons. The second kappa shape index (κ2) is 7.10. The average molecular weight is 256 g/mol. The van der Waals surface area contributed by atoms with E-state index in [0.29, 0.717) is 18.6 Å².